The summed E-state index contributed by atoms with van der Waals surface area (Å²) in [6.45, 7) is 0.907. The summed E-state index contributed by atoms with van der Waals surface area (Å²) >= 11 is 2.19. The lowest BCUT2D eigenvalue weighted by atomic mass is 10.1. The van der Waals surface area contributed by atoms with Crippen molar-refractivity contribution in [2.45, 2.75) is 13.1 Å². The molecule has 0 aliphatic carbocycles. The fourth-order valence-corrected chi connectivity index (χ4v) is 2.93. The van der Waals surface area contributed by atoms with Crippen LogP contribution in [0.1, 0.15) is 21.7 Å². The second kappa shape index (κ2) is 7.41. The van der Waals surface area contributed by atoms with Crippen molar-refractivity contribution in [3.05, 3.63) is 87.6 Å². The van der Waals surface area contributed by atoms with E-state index < -0.39 is 0 Å². The van der Waals surface area contributed by atoms with Crippen LogP contribution < -0.4 is 0 Å². The Morgan fingerprint density at radius 1 is 1.09 bits per heavy atom. The van der Waals surface area contributed by atoms with Crippen LogP contribution in [0.25, 0.3) is 0 Å². The van der Waals surface area contributed by atoms with E-state index in [4.69, 9.17) is 4.42 Å². The lowest BCUT2D eigenvalue weighted by Gasteiger charge is -2.22. The third kappa shape index (κ3) is 3.98. The molecular weight excluding hydrogens is 403 g/mol. The number of aromatic nitrogens is 1. The molecule has 0 bridgehead atoms. The molecule has 0 atom stereocenters. The molecule has 1 amide bonds. The minimum atomic E-state index is -0.0183. The van der Waals surface area contributed by atoms with Gasteiger partial charge in [-0.15, -0.1) is 0 Å². The van der Waals surface area contributed by atoms with E-state index in [0.717, 1.165) is 14.9 Å². The standard InChI is InChI=1S/C18H15IN2O2/c19-17-8-2-1-7-16(17)18(22)21(13-15-6-4-10-23-15)12-14-5-3-9-20-11-14/h1-11H,12-13H2. The molecule has 116 valence electrons. The second-order valence-electron chi connectivity index (χ2n) is 5.08. The predicted molar refractivity (Wildman–Crippen MR) is 95.7 cm³/mol. The molecule has 3 aromatic rings. The van der Waals surface area contributed by atoms with Crippen molar-refractivity contribution >= 4 is 28.5 Å². The summed E-state index contributed by atoms with van der Waals surface area (Å²) in [6.07, 6.45) is 5.12. The molecule has 1 aromatic carbocycles. The first-order valence-electron chi connectivity index (χ1n) is 7.19. The molecule has 0 N–H and O–H groups in total. The van der Waals surface area contributed by atoms with Gasteiger partial charge in [0.2, 0.25) is 0 Å². The highest BCUT2D eigenvalue weighted by molar-refractivity contribution is 14.1. The van der Waals surface area contributed by atoms with Crippen molar-refractivity contribution in [1.82, 2.24) is 9.88 Å². The van der Waals surface area contributed by atoms with Crippen molar-refractivity contribution in [1.29, 1.82) is 0 Å². The van der Waals surface area contributed by atoms with Crippen LogP contribution in [0.5, 0.6) is 0 Å². The number of amides is 1. The van der Waals surface area contributed by atoms with E-state index in [1.165, 1.54) is 0 Å². The third-order valence-corrected chi connectivity index (χ3v) is 4.36. The van der Waals surface area contributed by atoms with E-state index >= 15 is 0 Å². The van der Waals surface area contributed by atoms with Crippen LogP contribution in [-0.2, 0) is 13.1 Å². The Bertz CT molecular complexity index is 773. The molecule has 0 saturated heterocycles. The lowest BCUT2D eigenvalue weighted by molar-refractivity contribution is 0.0716. The fourth-order valence-electron chi connectivity index (χ4n) is 2.31. The molecule has 2 heterocycles. The van der Waals surface area contributed by atoms with Crippen LogP contribution >= 0.6 is 22.6 Å². The Morgan fingerprint density at radius 3 is 2.65 bits per heavy atom. The van der Waals surface area contributed by atoms with Gasteiger partial charge in [0.15, 0.2) is 0 Å². The van der Waals surface area contributed by atoms with Gasteiger partial charge in [-0.1, -0.05) is 18.2 Å². The number of carbonyl (C=O) groups excluding carboxylic acids is 1. The molecule has 23 heavy (non-hydrogen) atoms. The van der Waals surface area contributed by atoms with E-state index in [9.17, 15) is 4.79 Å². The maximum absolute atomic E-state index is 13.0. The fraction of sp³-hybridized carbons (Fsp3) is 0.111. The molecule has 4 nitrogen and oxygen atoms in total. The Labute approximate surface area is 148 Å². The third-order valence-electron chi connectivity index (χ3n) is 3.41. The number of pyridine rings is 1. The summed E-state index contributed by atoms with van der Waals surface area (Å²) in [7, 11) is 0. The molecule has 0 saturated carbocycles. The highest BCUT2D eigenvalue weighted by Gasteiger charge is 2.19. The van der Waals surface area contributed by atoms with Crippen molar-refractivity contribution in [2.75, 3.05) is 0 Å². The smallest absolute Gasteiger partial charge is 0.255 e. The first-order chi connectivity index (χ1) is 11.2. The van der Waals surface area contributed by atoms with Gasteiger partial charge < -0.3 is 9.32 Å². The number of hydrogen-bond donors (Lipinski definition) is 0. The maximum Gasteiger partial charge on any atom is 0.255 e. The first-order valence-corrected chi connectivity index (χ1v) is 8.27. The van der Waals surface area contributed by atoms with E-state index in [1.807, 2.05) is 48.5 Å². The Morgan fingerprint density at radius 2 is 1.96 bits per heavy atom. The SMILES string of the molecule is O=C(c1ccccc1I)N(Cc1cccnc1)Cc1ccco1. The molecule has 3 rings (SSSR count). The number of rotatable bonds is 5. The zero-order valence-electron chi connectivity index (χ0n) is 12.4. The average Bonchev–Trinajstić information content (AvgIpc) is 3.08. The van der Waals surface area contributed by atoms with E-state index in [1.54, 1.807) is 23.6 Å². The van der Waals surface area contributed by atoms with Crippen molar-refractivity contribution < 1.29 is 9.21 Å². The molecule has 0 aliphatic heterocycles. The minimum Gasteiger partial charge on any atom is -0.467 e. The van der Waals surface area contributed by atoms with Crippen LogP contribution in [0.4, 0.5) is 0 Å². The van der Waals surface area contributed by atoms with Crippen LogP contribution in [0, 0.1) is 3.57 Å². The summed E-state index contributed by atoms with van der Waals surface area (Å²) in [4.78, 5) is 18.8. The molecule has 5 heteroatoms. The summed E-state index contributed by atoms with van der Waals surface area (Å²) in [5.41, 5.74) is 1.68. The van der Waals surface area contributed by atoms with Crippen LogP contribution in [0.3, 0.4) is 0 Å². The van der Waals surface area contributed by atoms with Gasteiger partial charge in [-0.05, 0) is 58.5 Å². The Hall–Kier alpha value is -2.15. The molecule has 0 spiro atoms. The first kappa shape index (κ1) is 15.7. The molecule has 0 fully saturated rings. The van der Waals surface area contributed by atoms with Gasteiger partial charge in [0, 0.05) is 22.5 Å². The number of halogens is 1. The number of benzene rings is 1. The number of nitrogens with zero attached hydrogens (tertiary/aromatic N) is 2. The van der Waals surface area contributed by atoms with Gasteiger partial charge in [0.25, 0.3) is 5.91 Å². The molecule has 0 radical (unpaired) electrons. The maximum atomic E-state index is 13.0. The topological polar surface area (TPSA) is 46.3 Å². The van der Waals surface area contributed by atoms with E-state index in [0.29, 0.717) is 18.7 Å². The zero-order chi connectivity index (χ0) is 16.1. The molecule has 0 aliphatic rings. The molecule has 2 aromatic heterocycles. The van der Waals surface area contributed by atoms with E-state index in [-0.39, 0.29) is 5.91 Å². The summed E-state index contributed by atoms with van der Waals surface area (Å²) < 4.78 is 6.34. The Balaban J connectivity index is 1.88. The number of furan rings is 1. The van der Waals surface area contributed by atoms with Crippen LogP contribution in [0.15, 0.2) is 71.6 Å². The largest absolute Gasteiger partial charge is 0.467 e. The highest BCUT2D eigenvalue weighted by atomic mass is 127. The quantitative estimate of drug-likeness (QED) is 0.586. The van der Waals surface area contributed by atoms with Crippen molar-refractivity contribution in [3.8, 4) is 0 Å². The van der Waals surface area contributed by atoms with Gasteiger partial charge >= 0.3 is 0 Å². The summed E-state index contributed by atoms with van der Waals surface area (Å²) in [5.74, 6) is 0.739. The monoisotopic (exact) mass is 418 g/mol. The second-order valence-corrected chi connectivity index (χ2v) is 6.24. The van der Waals surface area contributed by atoms with Crippen LogP contribution in [-0.4, -0.2) is 15.8 Å². The van der Waals surface area contributed by atoms with E-state index in [2.05, 4.69) is 27.6 Å². The summed E-state index contributed by atoms with van der Waals surface area (Å²) in [5, 5.41) is 0. The Kier molecular flexibility index (Phi) is 5.07. The van der Waals surface area contributed by atoms with Gasteiger partial charge in [0.1, 0.15) is 5.76 Å². The normalized spacial score (nSPS) is 10.5. The van der Waals surface area contributed by atoms with Gasteiger partial charge in [0.05, 0.1) is 18.4 Å². The van der Waals surface area contributed by atoms with Gasteiger partial charge in [-0.3, -0.25) is 9.78 Å². The number of hydrogen-bond acceptors (Lipinski definition) is 3. The average molecular weight is 418 g/mol. The lowest BCUT2D eigenvalue weighted by Crippen LogP contribution is -2.30. The molecular formula is C18H15IN2O2. The highest BCUT2D eigenvalue weighted by Crippen LogP contribution is 2.18. The van der Waals surface area contributed by atoms with Gasteiger partial charge in [-0.2, -0.15) is 0 Å². The summed E-state index contributed by atoms with van der Waals surface area (Å²) in [6, 6.07) is 15.1. The zero-order valence-corrected chi connectivity index (χ0v) is 14.5. The van der Waals surface area contributed by atoms with Crippen molar-refractivity contribution in [2.24, 2.45) is 0 Å². The number of carbonyl (C=O) groups is 1. The van der Waals surface area contributed by atoms with Gasteiger partial charge in [-0.25, -0.2) is 0 Å². The minimum absolute atomic E-state index is 0.0183. The molecule has 0 unspecified atom stereocenters. The van der Waals surface area contributed by atoms with Crippen molar-refractivity contribution in [3.63, 3.8) is 0 Å². The predicted octanol–water partition coefficient (Wildman–Crippen LogP) is 4.12. The van der Waals surface area contributed by atoms with Crippen LogP contribution in [0.2, 0.25) is 0 Å².